The van der Waals surface area contributed by atoms with Crippen LogP contribution in [0.5, 0.6) is 0 Å². The maximum Gasteiger partial charge on any atom is 0.326 e. The van der Waals surface area contributed by atoms with Gasteiger partial charge in [-0.05, 0) is 64.8 Å². The van der Waals surface area contributed by atoms with Gasteiger partial charge < -0.3 is 14.8 Å². The molecule has 2 atom stereocenters. The van der Waals surface area contributed by atoms with Crippen molar-refractivity contribution in [1.29, 1.82) is 0 Å². The molecule has 4 rings (SSSR count). The summed E-state index contributed by atoms with van der Waals surface area (Å²) in [4.78, 5) is 32.9. The highest BCUT2D eigenvalue weighted by molar-refractivity contribution is 6.30. The van der Waals surface area contributed by atoms with Gasteiger partial charge in [0.15, 0.2) is 5.60 Å². The van der Waals surface area contributed by atoms with Crippen molar-refractivity contribution in [3.05, 3.63) is 34.9 Å². The minimum absolute atomic E-state index is 0.129. The average Bonchev–Trinajstić information content (AvgIpc) is 3.32. The number of benzene rings is 1. The average molecular weight is 492 g/mol. The van der Waals surface area contributed by atoms with Crippen molar-refractivity contribution in [2.24, 2.45) is 5.16 Å². The second-order valence-corrected chi connectivity index (χ2v) is 10.7. The van der Waals surface area contributed by atoms with Crippen LogP contribution >= 0.6 is 11.6 Å². The fourth-order valence-corrected chi connectivity index (χ4v) is 5.56. The number of hydrogen-bond donors (Lipinski definition) is 1. The Labute approximate surface area is 208 Å². The molecule has 1 N–H and O–H groups in total. The Morgan fingerprint density at radius 2 is 1.79 bits per heavy atom. The summed E-state index contributed by atoms with van der Waals surface area (Å²) < 4.78 is 0. The Balaban J connectivity index is 0.000000309. The Bertz CT molecular complexity index is 894. The predicted octanol–water partition coefficient (Wildman–Crippen LogP) is 4.72. The van der Waals surface area contributed by atoms with Gasteiger partial charge in [-0.15, -0.1) is 0 Å². The first-order valence-corrected chi connectivity index (χ1v) is 12.6. The lowest BCUT2D eigenvalue weighted by Crippen LogP contribution is -2.40. The summed E-state index contributed by atoms with van der Waals surface area (Å²) in [7, 11) is 0. The van der Waals surface area contributed by atoms with E-state index in [1.807, 2.05) is 24.3 Å². The number of oxime groups is 1. The van der Waals surface area contributed by atoms with Crippen molar-refractivity contribution < 1.29 is 19.5 Å². The summed E-state index contributed by atoms with van der Waals surface area (Å²) in [5, 5.41) is 14.5. The number of carboxylic acids is 1. The minimum Gasteiger partial charge on any atom is -0.480 e. The first kappa shape index (κ1) is 26.5. The molecule has 1 aromatic rings. The first-order valence-electron chi connectivity index (χ1n) is 12.2. The molecular formula is C26H38ClN3O4. The van der Waals surface area contributed by atoms with Gasteiger partial charge in [0, 0.05) is 42.3 Å². The number of likely N-dealkylation sites (tertiary alicyclic amines) is 1. The zero-order chi connectivity index (χ0) is 25.3. The van der Waals surface area contributed by atoms with Gasteiger partial charge in [-0.1, -0.05) is 35.8 Å². The Hall–Kier alpha value is -2.12. The number of carbonyl (C=O) groups excluding carboxylic acids is 1. The van der Waals surface area contributed by atoms with Crippen LogP contribution in [0, 0.1) is 0 Å². The van der Waals surface area contributed by atoms with E-state index in [0.29, 0.717) is 23.5 Å². The van der Waals surface area contributed by atoms with Gasteiger partial charge in [0.2, 0.25) is 5.91 Å². The van der Waals surface area contributed by atoms with Gasteiger partial charge >= 0.3 is 5.97 Å². The van der Waals surface area contributed by atoms with E-state index in [1.165, 1.54) is 11.8 Å². The highest BCUT2D eigenvalue weighted by Crippen LogP contribution is 2.54. The van der Waals surface area contributed by atoms with Crippen LogP contribution in [0.2, 0.25) is 5.02 Å². The third-order valence-electron chi connectivity index (χ3n) is 7.32. The third kappa shape index (κ3) is 5.41. The lowest BCUT2D eigenvalue weighted by molar-refractivity contribution is -0.147. The molecule has 1 aliphatic carbocycles. The van der Waals surface area contributed by atoms with E-state index in [-0.39, 0.29) is 24.3 Å². The summed E-state index contributed by atoms with van der Waals surface area (Å²) in [6.07, 6.45) is 2.81. The maximum atomic E-state index is 11.8. The van der Waals surface area contributed by atoms with E-state index in [9.17, 15) is 14.7 Å². The number of carboxylic acid groups (broad SMARTS) is 1. The van der Waals surface area contributed by atoms with Crippen molar-refractivity contribution in [2.45, 2.75) is 96.4 Å². The molecule has 2 fully saturated rings. The van der Waals surface area contributed by atoms with Crippen LogP contribution < -0.4 is 0 Å². The first-order chi connectivity index (χ1) is 15.9. The zero-order valence-corrected chi connectivity index (χ0v) is 21.9. The van der Waals surface area contributed by atoms with Crippen LogP contribution in [0.15, 0.2) is 29.4 Å². The van der Waals surface area contributed by atoms with Crippen LogP contribution in [-0.4, -0.2) is 69.3 Å². The molecule has 3 aliphatic rings. The maximum absolute atomic E-state index is 11.8. The number of aliphatic carboxylic acids is 1. The summed E-state index contributed by atoms with van der Waals surface area (Å²) in [5.41, 5.74) is 1.26. The predicted molar refractivity (Wildman–Crippen MR) is 134 cm³/mol. The molecule has 34 heavy (non-hydrogen) atoms. The fourth-order valence-electron chi connectivity index (χ4n) is 5.44. The SMILES string of the molecule is CC(=O)N1CC2(CC(C3(c4ccc(Cl)cc4)CC3)=NO2)C[C@H]1C(=O)O.CCN(C(C)C)C(C)C. The lowest BCUT2D eigenvalue weighted by Gasteiger charge is -2.28. The van der Waals surface area contributed by atoms with E-state index in [0.717, 1.165) is 30.7 Å². The molecule has 1 unspecified atom stereocenters. The molecular weight excluding hydrogens is 454 g/mol. The van der Waals surface area contributed by atoms with Crippen LogP contribution in [0.25, 0.3) is 0 Å². The topological polar surface area (TPSA) is 82.4 Å². The number of carbonyl (C=O) groups is 2. The number of rotatable bonds is 6. The molecule has 0 aromatic heterocycles. The second-order valence-electron chi connectivity index (χ2n) is 10.3. The molecule has 1 saturated carbocycles. The summed E-state index contributed by atoms with van der Waals surface area (Å²) in [6, 6.07) is 8.30. The summed E-state index contributed by atoms with van der Waals surface area (Å²) in [6.45, 7) is 14.0. The Kier molecular flexibility index (Phi) is 7.98. The van der Waals surface area contributed by atoms with Crippen molar-refractivity contribution in [1.82, 2.24) is 9.80 Å². The van der Waals surface area contributed by atoms with Crippen molar-refractivity contribution in [3.63, 3.8) is 0 Å². The van der Waals surface area contributed by atoms with Gasteiger partial charge in [0.1, 0.15) is 6.04 Å². The number of hydrogen-bond acceptors (Lipinski definition) is 5. The van der Waals surface area contributed by atoms with Gasteiger partial charge in [-0.25, -0.2) is 4.79 Å². The molecule has 1 amide bonds. The molecule has 1 spiro atoms. The Morgan fingerprint density at radius 3 is 2.18 bits per heavy atom. The van der Waals surface area contributed by atoms with Crippen molar-refractivity contribution in [2.75, 3.05) is 13.1 Å². The molecule has 1 saturated heterocycles. The normalized spacial score (nSPS) is 24.8. The van der Waals surface area contributed by atoms with Gasteiger partial charge in [-0.3, -0.25) is 9.69 Å². The zero-order valence-electron chi connectivity index (χ0n) is 21.2. The van der Waals surface area contributed by atoms with Gasteiger partial charge in [-0.2, -0.15) is 0 Å². The molecule has 8 heteroatoms. The fraction of sp³-hybridized carbons (Fsp3) is 0.654. The number of amides is 1. The lowest BCUT2D eigenvalue weighted by atomic mass is 9.83. The highest BCUT2D eigenvalue weighted by atomic mass is 35.5. The summed E-state index contributed by atoms with van der Waals surface area (Å²) in [5.74, 6) is -1.25. The standard InChI is InChI=1S/C18H19ClN2O4.C8H19N/c1-11(22)21-10-17(8-14(21)16(23)24)9-15(20-25-17)18(6-7-18)12-2-4-13(19)5-3-12;1-6-9(7(2)3)8(4)5/h2-5,14H,6-10H2,1H3,(H,23,24);7-8H,6H2,1-5H3/t14-,17?;/m0./s1. The van der Waals surface area contributed by atoms with E-state index in [2.05, 4.69) is 44.7 Å². The Morgan fingerprint density at radius 1 is 1.21 bits per heavy atom. The van der Waals surface area contributed by atoms with Crippen LogP contribution in [0.4, 0.5) is 0 Å². The van der Waals surface area contributed by atoms with E-state index < -0.39 is 17.6 Å². The monoisotopic (exact) mass is 491 g/mol. The van der Waals surface area contributed by atoms with Crippen molar-refractivity contribution in [3.8, 4) is 0 Å². The van der Waals surface area contributed by atoms with E-state index >= 15 is 0 Å². The van der Waals surface area contributed by atoms with E-state index in [4.69, 9.17) is 16.4 Å². The van der Waals surface area contributed by atoms with Gasteiger partial charge in [0.25, 0.3) is 0 Å². The van der Waals surface area contributed by atoms with E-state index in [1.54, 1.807) is 0 Å². The molecule has 2 heterocycles. The van der Waals surface area contributed by atoms with Gasteiger partial charge in [0.05, 0.1) is 12.3 Å². The molecule has 1 aromatic carbocycles. The molecule has 0 radical (unpaired) electrons. The quantitative estimate of drug-likeness (QED) is 0.622. The largest absolute Gasteiger partial charge is 0.480 e. The van der Waals surface area contributed by atoms with Crippen molar-refractivity contribution >= 4 is 29.2 Å². The van der Waals surface area contributed by atoms with Crippen LogP contribution in [0.3, 0.4) is 0 Å². The van der Waals surface area contributed by atoms with Crippen LogP contribution in [0.1, 0.15) is 72.8 Å². The van der Waals surface area contributed by atoms with Crippen LogP contribution in [-0.2, 0) is 19.8 Å². The second kappa shape index (κ2) is 10.2. The minimum atomic E-state index is -0.997. The molecule has 7 nitrogen and oxygen atoms in total. The number of halogens is 1. The number of nitrogens with zero attached hydrogens (tertiary/aromatic N) is 3. The molecule has 2 aliphatic heterocycles. The summed E-state index contributed by atoms with van der Waals surface area (Å²) >= 11 is 5.98. The molecule has 188 valence electrons. The third-order valence-corrected chi connectivity index (χ3v) is 7.57. The molecule has 0 bridgehead atoms. The smallest absolute Gasteiger partial charge is 0.326 e. The highest BCUT2D eigenvalue weighted by Gasteiger charge is 2.59.